The number of benzene rings is 2. The number of ether oxygens (including phenoxy) is 3. The highest BCUT2D eigenvalue weighted by atomic mass is 16.5. The van der Waals surface area contributed by atoms with Gasteiger partial charge in [-0.3, -0.25) is 0 Å². The van der Waals surface area contributed by atoms with Gasteiger partial charge in [0.1, 0.15) is 12.4 Å². The molecule has 0 spiro atoms. The van der Waals surface area contributed by atoms with Crippen LogP contribution in [0, 0.1) is 0 Å². The molecule has 1 aliphatic carbocycles. The second-order valence-corrected chi connectivity index (χ2v) is 9.18. The number of hydrogen-bond donors (Lipinski definition) is 1. The third kappa shape index (κ3) is 4.88. The molecule has 0 unspecified atom stereocenters. The number of aromatic nitrogens is 2. The van der Waals surface area contributed by atoms with Crippen LogP contribution in [-0.2, 0) is 11.8 Å². The molecular weight excluding hydrogens is 416 g/mol. The Bertz CT molecular complexity index is 1140. The van der Waals surface area contributed by atoms with Crippen LogP contribution in [-0.4, -0.2) is 56.3 Å². The van der Waals surface area contributed by atoms with Crippen LogP contribution < -0.4 is 19.5 Å². The van der Waals surface area contributed by atoms with Gasteiger partial charge in [0.15, 0.2) is 11.5 Å². The zero-order chi connectivity index (χ0) is 23.6. The molecule has 0 fully saturated rings. The Morgan fingerprint density at radius 2 is 1.85 bits per heavy atom. The molecule has 1 aliphatic rings. The minimum absolute atomic E-state index is 0.00168. The predicted molar refractivity (Wildman–Crippen MR) is 131 cm³/mol. The maximum absolute atomic E-state index is 5.94. The zero-order valence-electron chi connectivity index (χ0n) is 20.2. The summed E-state index contributed by atoms with van der Waals surface area (Å²) in [4.78, 5) is 11.6. The average molecular weight is 449 g/mol. The Balaban J connectivity index is 1.64. The van der Waals surface area contributed by atoms with Gasteiger partial charge in [-0.05, 0) is 61.3 Å². The van der Waals surface area contributed by atoms with Crippen molar-refractivity contribution in [3.63, 3.8) is 0 Å². The number of hydrogen-bond acceptors (Lipinski definition) is 7. The van der Waals surface area contributed by atoms with E-state index in [1.54, 1.807) is 14.2 Å². The van der Waals surface area contributed by atoms with Gasteiger partial charge in [-0.15, -0.1) is 0 Å². The first-order valence-electron chi connectivity index (χ1n) is 11.1. The summed E-state index contributed by atoms with van der Waals surface area (Å²) in [5.74, 6) is 2.72. The molecule has 7 nitrogen and oxygen atoms in total. The summed E-state index contributed by atoms with van der Waals surface area (Å²) in [6.45, 7) is 5.88. The van der Waals surface area contributed by atoms with E-state index < -0.39 is 0 Å². The van der Waals surface area contributed by atoms with E-state index in [-0.39, 0.29) is 5.41 Å². The normalized spacial score (nSPS) is 13.8. The van der Waals surface area contributed by atoms with Crippen molar-refractivity contribution in [2.45, 2.75) is 25.7 Å². The van der Waals surface area contributed by atoms with Crippen molar-refractivity contribution in [3.05, 3.63) is 53.7 Å². The first-order valence-corrected chi connectivity index (χ1v) is 11.1. The maximum Gasteiger partial charge on any atom is 0.227 e. The van der Waals surface area contributed by atoms with Crippen LogP contribution in [0.4, 0.5) is 11.6 Å². The van der Waals surface area contributed by atoms with Crippen LogP contribution in [0.3, 0.4) is 0 Å². The third-order valence-electron chi connectivity index (χ3n) is 5.92. The second kappa shape index (κ2) is 9.27. The Morgan fingerprint density at radius 3 is 2.58 bits per heavy atom. The van der Waals surface area contributed by atoms with Crippen LogP contribution >= 0.6 is 0 Å². The number of rotatable bonds is 8. The molecule has 4 rings (SSSR count). The minimum atomic E-state index is 0.00168. The summed E-state index contributed by atoms with van der Waals surface area (Å²) in [7, 11) is 7.36. The van der Waals surface area contributed by atoms with E-state index in [4.69, 9.17) is 19.2 Å². The minimum Gasteiger partial charge on any atom is -0.497 e. The van der Waals surface area contributed by atoms with Crippen LogP contribution in [0.5, 0.6) is 17.2 Å². The topological polar surface area (TPSA) is 68.7 Å². The van der Waals surface area contributed by atoms with Crippen LogP contribution in [0.2, 0.25) is 0 Å². The zero-order valence-corrected chi connectivity index (χ0v) is 20.2. The van der Waals surface area contributed by atoms with E-state index in [0.717, 1.165) is 41.2 Å². The van der Waals surface area contributed by atoms with Gasteiger partial charge in [-0.1, -0.05) is 19.9 Å². The lowest BCUT2D eigenvalue weighted by atomic mass is 9.72. The van der Waals surface area contributed by atoms with E-state index in [1.165, 1.54) is 5.56 Å². The number of fused-ring (bicyclic) bond motifs is 3. The fourth-order valence-corrected chi connectivity index (χ4v) is 4.17. The molecular formula is C26H32N4O3. The fraction of sp³-hybridized carbons (Fsp3) is 0.385. The smallest absolute Gasteiger partial charge is 0.227 e. The van der Waals surface area contributed by atoms with Gasteiger partial charge >= 0.3 is 0 Å². The van der Waals surface area contributed by atoms with E-state index >= 15 is 0 Å². The van der Waals surface area contributed by atoms with Gasteiger partial charge in [0.05, 0.1) is 19.9 Å². The number of methoxy groups -OCH3 is 2. The summed E-state index contributed by atoms with van der Waals surface area (Å²) in [6, 6.07) is 12.0. The molecule has 174 valence electrons. The third-order valence-corrected chi connectivity index (χ3v) is 5.92. The van der Waals surface area contributed by atoms with Crippen molar-refractivity contribution >= 4 is 11.6 Å². The highest BCUT2D eigenvalue weighted by Crippen LogP contribution is 2.43. The molecule has 33 heavy (non-hydrogen) atoms. The summed E-state index contributed by atoms with van der Waals surface area (Å²) < 4.78 is 16.9. The first-order chi connectivity index (χ1) is 15.8. The lowest BCUT2D eigenvalue weighted by molar-refractivity contribution is 0.251. The maximum atomic E-state index is 5.94. The van der Waals surface area contributed by atoms with Gasteiger partial charge in [0.25, 0.3) is 0 Å². The molecule has 0 aliphatic heterocycles. The number of nitrogens with zero attached hydrogens (tertiary/aromatic N) is 3. The molecule has 0 saturated heterocycles. The van der Waals surface area contributed by atoms with Gasteiger partial charge < -0.3 is 24.4 Å². The van der Waals surface area contributed by atoms with Gasteiger partial charge in [-0.2, -0.15) is 0 Å². The van der Waals surface area contributed by atoms with Crippen LogP contribution in [0.1, 0.15) is 25.0 Å². The quantitative estimate of drug-likeness (QED) is 0.537. The standard InChI is InChI=1S/C26H32N4O3/c1-26(2)15-17-16-27-25(29-24(17)20-14-19(31-5)8-9-21(20)26)28-18-7-10-22(32-6)23(13-18)33-12-11-30(3)4/h7-10,13-14,16H,11-12,15H2,1-6H3,(H,27,28,29). The molecule has 0 atom stereocenters. The molecule has 2 aromatic carbocycles. The molecule has 1 heterocycles. The van der Waals surface area contributed by atoms with Crippen molar-refractivity contribution in [3.8, 4) is 28.5 Å². The Labute approximate surface area is 195 Å². The van der Waals surface area contributed by atoms with Gasteiger partial charge in [-0.25, -0.2) is 9.97 Å². The Hall–Kier alpha value is -3.32. The van der Waals surface area contributed by atoms with E-state index in [0.29, 0.717) is 24.1 Å². The van der Waals surface area contributed by atoms with Crippen molar-refractivity contribution < 1.29 is 14.2 Å². The first kappa shape index (κ1) is 22.9. The highest BCUT2D eigenvalue weighted by molar-refractivity contribution is 5.74. The van der Waals surface area contributed by atoms with Gasteiger partial charge in [0.2, 0.25) is 5.95 Å². The molecule has 0 amide bonds. The lowest BCUT2D eigenvalue weighted by Gasteiger charge is -2.33. The average Bonchev–Trinajstić information content (AvgIpc) is 2.79. The summed E-state index contributed by atoms with van der Waals surface area (Å²) in [5, 5.41) is 3.33. The van der Waals surface area contributed by atoms with Crippen molar-refractivity contribution in [1.29, 1.82) is 0 Å². The van der Waals surface area contributed by atoms with Gasteiger partial charge in [0, 0.05) is 30.1 Å². The molecule has 1 aromatic heterocycles. The van der Waals surface area contributed by atoms with Crippen LogP contribution in [0.25, 0.3) is 11.3 Å². The summed E-state index contributed by atoms with van der Waals surface area (Å²) in [6.07, 6.45) is 2.81. The van der Waals surface area contributed by atoms with Crippen LogP contribution in [0.15, 0.2) is 42.6 Å². The van der Waals surface area contributed by atoms with Crippen molar-refractivity contribution in [2.75, 3.05) is 46.8 Å². The fourth-order valence-electron chi connectivity index (χ4n) is 4.17. The molecule has 1 N–H and O–H groups in total. The highest BCUT2D eigenvalue weighted by Gasteiger charge is 2.32. The number of nitrogens with one attached hydrogen (secondary N) is 1. The summed E-state index contributed by atoms with van der Waals surface area (Å²) in [5.41, 5.74) is 5.26. The number of likely N-dealkylation sites (N-methyl/N-ethyl adjacent to an activating group) is 1. The summed E-state index contributed by atoms with van der Waals surface area (Å²) >= 11 is 0. The Morgan fingerprint density at radius 1 is 1.03 bits per heavy atom. The van der Waals surface area contributed by atoms with E-state index in [9.17, 15) is 0 Å². The molecule has 3 aromatic rings. The second-order valence-electron chi connectivity index (χ2n) is 9.18. The monoisotopic (exact) mass is 448 g/mol. The van der Waals surface area contributed by atoms with E-state index in [2.05, 4.69) is 41.2 Å². The largest absolute Gasteiger partial charge is 0.497 e. The molecule has 0 bridgehead atoms. The van der Waals surface area contributed by atoms with E-state index in [1.807, 2.05) is 44.6 Å². The Kier molecular flexibility index (Phi) is 6.42. The SMILES string of the molecule is COc1ccc2c(c1)-c1nc(Nc3ccc(OC)c(OCCN(C)C)c3)ncc1CC2(C)C. The molecule has 0 saturated carbocycles. The molecule has 7 heteroatoms. The van der Waals surface area contributed by atoms with Crippen molar-refractivity contribution in [2.24, 2.45) is 0 Å². The predicted octanol–water partition coefficient (Wildman–Crippen LogP) is 4.68. The van der Waals surface area contributed by atoms with Crippen molar-refractivity contribution in [1.82, 2.24) is 14.9 Å². The lowest BCUT2D eigenvalue weighted by Crippen LogP contribution is -2.26. The molecule has 0 radical (unpaired) electrons. The number of anilines is 2.